The Bertz CT molecular complexity index is 1290. The van der Waals surface area contributed by atoms with Crippen molar-refractivity contribution in [3.8, 4) is 5.75 Å². The summed E-state index contributed by atoms with van der Waals surface area (Å²) in [4.78, 5) is 16.5. The van der Waals surface area contributed by atoms with Crippen molar-refractivity contribution in [1.29, 1.82) is 0 Å². The van der Waals surface area contributed by atoms with Gasteiger partial charge in [0.25, 0.3) is 0 Å². The Labute approximate surface area is 211 Å². The van der Waals surface area contributed by atoms with Gasteiger partial charge in [-0.25, -0.2) is 4.79 Å². The van der Waals surface area contributed by atoms with Crippen LogP contribution in [-0.4, -0.2) is 60.3 Å². The fourth-order valence-corrected chi connectivity index (χ4v) is 5.03. The predicted molar refractivity (Wildman–Crippen MR) is 141 cm³/mol. The number of rotatable bonds is 8. The Kier molecular flexibility index (Phi) is 7.47. The lowest BCUT2D eigenvalue weighted by Gasteiger charge is -2.40. The topological polar surface area (TPSA) is 66.2 Å². The van der Waals surface area contributed by atoms with Crippen LogP contribution in [0.25, 0.3) is 11.0 Å². The van der Waals surface area contributed by atoms with Crippen molar-refractivity contribution in [3.63, 3.8) is 0 Å². The van der Waals surface area contributed by atoms with Gasteiger partial charge in [-0.2, -0.15) is 0 Å². The number of hydrogen-bond donors (Lipinski definition) is 1. The predicted octanol–water partition coefficient (Wildman–Crippen LogP) is 4.25. The summed E-state index contributed by atoms with van der Waals surface area (Å²) < 4.78 is 11.1. The molecule has 6 heteroatoms. The number of hydrogen-bond acceptors (Lipinski definition) is 6. The van der Waals surface area contributed by atoms with Gasteiger partial charge in [0, 0.05) is 50.2 Å². The third kappa shape index (κ3) is 5.68. The van der Waals surface area contributed by atoms with E-state index in [4.69, 9.17) is 9.15 Å². The maximum atomic E-state index is 11.7. The molecular weight excluding hydrogens is 452 g/mol. The minimum absolute atomic E-state index is 0.179. The standard InChI is InChI=1S/C30H32N2O4/c1-22-18-29(34)36-28-19-26(12-13-27(22)28)35-21-25(33)20-31-14-16-32(17-15-31)30(23-8-4-2-5-9-23)24-10-6-3-7-11-24/h2-13,18-19,25,30,33H,14-17,20-21H2,1H3/t25-/m1/s1. The Morgan fingerprint density at radius 1 is 0.889 bits per heavy atom. The lowest BCUT2D eigenvalue weighted by atomic mass is 9.96. The number of nitrogens with zero attached hydrogens (tertiary/aromatic N) is 2. The van der Waals surface area contributed by atoms with E-state index in [0.29, 0.717) is 17.9 Å². The summed E-state index contributed by atoms with van der Waals surface area (Å²) in [5.41, 5.74) is 3.58. The summed E-state index contributed by atoms with van der Waals surface area (Å²) in [5.74, 6) is 0.577. The Balaban J connectivity index is 1.16. The molecule has 0 aliphatic carbocycles. The van der Waals surface area contributed by atoms with Crippen LogP contribution in [0.1, 0.15) is 22.7 Å². The second-order valence-corrected chi connectivity index (χ2v) is 9.43. The van der Waals surface area contributed by atoms with Gasteiger partial charge in [0.1, 0.15) is 24.0 Å². The highest BCUT2D eigenvalue weighted by atomic mass is 16.5. The molecule has 0 bridgehead atoms. The van der Waals surface area contributed by atoms with Crippen LogP contribution in [0.5, 0.6) is 5.75 Å². The Hall–Kier alpha value is -3.45. The summed E-state index contributed by atoms with van der Waals surface area (Å²) in [6.07, 6.45) is -0.615. The Morgan fingerprint density at radius 2 is 1.53 bits per heavy atom. The van der Waals surface area contributed by atoms with Gasteiger partial charge in [-0.15, -0.1) is 0 Å². The molecule has 0 spiro atoms. The van der Waals surface area contributed by atoms with Crippen molar-refractivity contribution in [2.45, 2.75) is 19.1 Å². The van der Waals surface area contributed by atoms with Crippen molar-refractivity contribution in [2.75, 3.05) is 39.3 Å². The van der Waals surface area contributed by atoms with Crippen LogP contribution in [0, 0.1) is 6.92 Å². The molecule has 1 aromatic heterocycles. The third-order valence-electron chi connectivity index (χ3n) is 6.84. The minimum atomic E-state index is -0.615. The van der Waals surface area contributed by atoms with Crippen LogP contribution in [0.2, 0.25) is 0 Å². The van der Waals surface area contributed by atoms with E-state index >= 15 is 0 Å². The molecule has 1 atom stereocenters. The molecule has 2 heterocycles. The quantitative estimate of drug-likeness (QED) is 0.377. The van der Waals surface area contributed by atoms with Crippen molar-refractivity contribution < 1.29 is 14.3 Å². The molecule has 6 nitrogen and oxygen atoms in total. The van der Waals surface area contributed by atoms with Crippen LogP contribution in [0.15, 0.2) is 94.1 Å². The van der Waals surface area contributed by atoms with Gasteiger partial charge in [0.2, 0.25) is 0 Å². The summed E-state index contributed by atoms with van der Waals surface area (Å²) >= 11 is 0. The molecule has 3 aromatic carbocycles. The summed E-state index contributed by atoms with van der Waals surface area (Å²) in [6.45, 7) is 6.22. The van der Waals surface area contributed by atoms with E-state index < -0.39 is 6.10 Å². The largest absolute Gasteiger partial charge is 0.491 e. The molecular formula is C30H32N2O4. The third-order valence-corrected chi connectivity index (χ3v) is 6.84. The van der Waals surface area contributed by atoms with Crippen molar-refractivity contribution in [2.24, 2.45) is 0 Å². The van der Waals surface area contributed by atoms with Crippen LogP contribution >= 0.6 is 0 Å². The second-order valence-electron chi connectivity index (χ2n) is 9.43. The normalized spacial score (nSPS) is 15.9. The molecule has 0 amide bonds. The van der Waals surface area contributed by atoms with Crippen LogP contribution in [0.4, 0.5) is 0 Å². The summed E-state index contributed by atoms with van der Waals surface area (Å²) in [7, 11) is 0. The van der Waals surface area contributed by atoms with Gasteiger partial charge in [-0.3, -0.25) is 9.80 Å². The number of fused-ring (bicyclic) bond motifs is 1. The van der Waals surface area contributed by atoms with Crippen LogP contribution in [-0.2, 0) is 0 Å². The zero-order chi connectivity index (χ0) is 24.9. The van der Waals surface area contributed by atoms with E-state index in [1.807, 2.05) is 19.1 Å². The van der Waals surface area contributed by atoms with E-state index in [-0.39, 0.29) is 18.3 Å². The molecule has 0 saturated carbocycles. The number of ether oxygens (including phenoxy) is 1. The second kappa shape index (κ2) is 11.1. The Morgan fingerprint density at radius 3 is 2.17 bits per heavy atom. The first-order chi connectivity index (χ1) is 17.6. The maximum Gasteiger partial charge on any atom is 0.336 e. The van der Waals surface area contributed by atoms with Gasteiger partial charge in [0.05, 0.1) is 6.04 Å². The summed E-state index contributed by atoms with van der Waals surface area (Å²) in [6, 6.07) is 28.4. The minimum Gasteiger partial charge on any atom is -0.491 e. The first-order valence-electron chi connectivity index (χ1n) is 12.5. The molecule has 1 N–H and O–H groups in total. The van der Waals surface area contributed by atoms with Crippen LogP contribution < -0.4 is 10.4 Å². The SMILES string of the molecule is Cc1cc(=O)oc2cc(OC[C@H](O)CN3CCN(C(c4ccccc4)c4ccccc4)CC3)ccc12. The molecule has 0 unspecified atom stereocenters. The highest BCUT2D eigenvalue weighted by Crippen LogP contribution is 2.29. The smallest absolute Gasteiger partial charge is 0.336 e. The van der Waals surface area contributed by atoms with Crippen LogP contribution in [0.3, 0.4) is 0 Å². The average molecular weight is 485 g/mol. The van der Waals surface area contributed by atoms with E-state index in [0.717, 1.165) is 37.1 Å². The zero-order valence-corrected chi connectivity index (χ0v) is 20.5. The molecule has 1 fully saturated rings. The molecule has 1 aliphatic heterocycles. The number of piperazine rings is 1. The van der Waals surface area contributed by atoms with E-state index in [1.165, 1.54) is 17.2 Å². The number of aliphatic hydroxyl groups is 1. The highest BCUT2D eigenvalue weighted by Gasteiger charge is 2.27. The number of aryl methyl sites for hydroxylation is 1. The molecule has 1 saturated heterocycles. The number of aliphatic hydroxyl groups excluding tert-OH is 1. The molecule has 5 rings (SSSR count). The first kappa shape index (κ1) is 24.3. The lowest BCUT2D eigenvalue weighted by molar-refractivity contribution is 0.0401. The molecule has 36 heavy (non-hydrogen) atoms. The van der Waals surface area contributed by atoms with E-state index in [2.05, 4.69) is 70.5 Å². The first-order valence-corrected chi connectivity index (χ1v) is 12.5. The number of benzene rings is 3. The van der Waals surface area contributed by atoms with Gasteiger partial charge in [-0.05, 0) is 35.7 Å². The molecule has 0 radical (unpaired) electrons. The fraction of sp³-hybridized carbons (Fsp3) is 0.300. The molecule has 186 valence electrons. The maximum absolute atomic E-state index is 11.7. The fourth-order valence-electron chi connectivity index (χ4n) is 5.03. The monoisotopic (exact) mass is 484 g/mol. The van der Waals surface area contributed by atoms with E-state index in [1.54, 1.807) is 6.07 Å². The van der Waals surface area contributed by atoms with Crippen molar-refractivity contribution in [3.05, 3.63) is 112 Å². The highest BCUT2D eigenvalue weighted by molar-refractivity contribution is 5.81. The van der Waals surface area contributed by atoms with Gasteiger partial charge >= 0.3 is 5.63 Å². The van der Waals surface area contributed by atoms with Gasteiger partial charge < -0.3 is 14.3 Å². The average Bonchev–Trinajstić information content (AvgIpc) is 2.89. The lowest BCUT2D eigenvalue weighted by Crippen LogP contribution is -2.50. The van der Waals surface area contributed by atoms with Gasteiger partial charge in [0.15, 0.2) is 0 Å². The molecule has 4 aromatic rings. The molecule has 1 aliphatic rings. The van der Waals surface area contributed by atoms with E-state index in [9.17, 15) is 9.90 Å². The van der Waals surface area contributed by atoms with Crippen molar-refractivity contribution in [1.82, 2.24) is 9.80 Å². The zero-order valence-electron chi connectivity index (χ0n) is 20.5. The summed E-state index contributed by atoms with van der Waals surface area (Å²) in [5, 5.41) is 11.5. The van der Waals surface area contributed by atoms with Crippen molar-refractivity contribution >= 4 is 11.0 Å². The number of β-amino-alcohol motifs (C(OH)–C–C–N with tert-alkyl or cyclic N) is 1. The van der Waals surface area contributed by atoms with Gasteiger partial charge in [-0.1, -0.05) is 60.7 Å².